The number of hydrogen-bond donors (Lipinski definition) is 1. The number of aromatic nitrogens is 3. The summed E-state index contributed by atoms with van der Waals surface area (Å²) >= 11 is 0. The second-order valence-electron chi connectivity index (χ2n) is 5.50. The van der Waals surface area contributed by atoms with E-state index in [-0.39, 0.29) is 5.91 Å². The summed E-state index contributed by atoms with van der Waals surface area (Å²) in [4.78, 5) is 14.5. The zero-order valence-corrected chi connectivity index (χ0v) is 11.2. The number of rotatable bonds is 1. The Labute approximate surface area is 116 Å². The van der Waals surface area contributed by atoms with E-state index in [1.54, 1.807) is 6.26 Å². The summed E-state index contributed by atoms with van der Waals surface area (Å²) in [6.07, 6.45) is 6.67. The van der Waals surface area contributed by atoms with E-state index in [1.165, 1.54) is 6.42 Å². The van der Waals surface area contributed by atoms with Gasteiger partial charge in [-0.3, -0.25) is 9.89 Å². The van der Waals surface area contributed by atoms with E-state index in [1.807, 2.05) is 4.90 Å². The Bertz CT molecular complexity index is 658. The van der Waals surface area contributed by atoms with E-state index >= 15 is 0 Å². The lowest BCUT2D eigenvalue weighted by atomic mass is 9.95. The van der Waals surface area contributed by atoms with Crippen molar-refractivity contribution in [1.82, 2.24) is 20.3 Å². The first-order chi connectivity index (χ1) is 9.83. The molecule has 0 atom stereocenters. The number of aromatic amines is 1. The molecule has 6 heteroatoms. The van der Waals surface area contributed by atoms with Crippen molar-refractivity contribution in [2.24, 2.45) is 0 Å². The lowest BCUT2D eigenvalue weighted by molar-refractivity contribution is 0.0727. The zero-order chi connectivity index (χ0) is 13.5. The van der Waals surface area contributed by atoms with Gasteiger partial charge < -0.3 is 9.42 Å². The predicted molar refractivity (Wildman–Crippen MR) is 70.2 cm³/mol. The second kappa shape index (κ2) is 4.47. The second-order valence-corrected chi connectivity index (χ2v) is 5.50. The van der Waals surface area contributed by atoms with Crippen LogP contribution in [-0.2, 0) is 25.8 Å². The van der Waals surface area contributed by atoms with Crippen LogP contribution < -0.4 is 0 Å². The molecule has 1 amide bonds. The standard InChI is InChI=1S/C14H16N4O2/c19-14(13-10-3-1-2-4-12(10)15-16-13)18-6-5-11-9(7-18)8-20-17-11/h8H,1-7H2,(H,15,16). The fraction of sp³-hybridized carbons (Fsp3) is 0.500. The van der Waals surface area contributed by atoms with Gasteiger partial charge in [0.05, 0.1) is 12.2 Å². The van der Waals surface area contributed by atoms with Crippen LogP contribution in [0.3, 0.4) is 0 Å². The molecule has 6 nitrogen and oxygen atoms in total. The number of hydrogen-bond acceptors (Lipinski definition) is 4. The zero-order valence-electron chi connectivity index (χ0n) is 11.2. The van der Waals surface area contributed by atoms with Gasteiger partial charge in [-0.15, -0.1) is 0 Å². The minimum Gasteiger partial charge on any atom is -0.364 e. The highest BCUT2D eigenvalue weighted by Gasteiger charge is 2.28. The summed E-state index contributed by atoms with van der Waals surface area (Å²) < 4.78 is 4.97. The number of amides is 1. The van der Waals surface area contributed by atoms with Gasteiger partial charge >= 0.3 is 0 Å². The van der Waals surface area contributed by atoms with E-state index in [0.717, 1.165) is 48.2 Å². The topological polar surface area (TPSA) is 75.0 Å². The molecular weight excluding hydrogens is 256 g/mol. The molecule has 0 radical (unpaired) electrons. The Kier molecular flexibility index (Phi) is 2.61. The van der Waals surface area contributed by atoms with E-state index in [2.05, 4.69) is 15.4 Å². The molecule has 2 aromatic rings. The number of nitrogens with one attached hydrogen (secondary N) is 1. The molecule has 2 aliphatic rings. The molecule has 3 heterocycles. The fourth-order valence-electron chi connectivity index (χ4n) is 3.12. The van der Waals surface area contributed by atoms with Crippen LogP contribution in [-0.4, -0.2) is 32.7 Å². The summed E-state index contributed by atoms with van der Waals surface area (Å²) in [5, 5.41) is 11.2. The molecule has 2 aromatic heterocycles. The van der Waals surface area contributed by atoms with Gasteiger partial charge in [0.2, 0.25) is 0 Å². The molecule has 0 fully saturated rings. The van der Waals surface area contributed by atoms with Crippen LogP contribution >= 0.6 is 0 Å². The Hall–Kier alpha value is -2.11. The maximum absolute atomic E-state index is 12.7. The van der Waals surface area contributed by atoms with Crippen LogP contribution in [0.1, 0.15) is 45.8 Å². The minimum atomic E-state index is 0.0243. The summed E-state index contributed by atoms with van der Waals surface area (Å²) in [7, 11) is 0. The van der Waals surface area contributed by atoms with Gasteiger partial charge in [-0.05, 0) is 25.7 Å². The monoisotopic (exact) mass is 272 g/mol. The average molecular weight is 272 g/mol. The molecule has 20 heavy (non-hydrogen) atoms. The fourth-order valence-corrected chi connectivity index (χ4v) is 3.12. The van der Waals surface area contributed by atoms with Crippen molar-refractivity contribution in [2.75, 3.05) is 6.54 Å². The van der Waals surface area contributed by atoms with Gasteiger partial charge in [0.25, 0.3) is 5.91 Å². The van der Waals surface area contributed by atoms with Crippen molar-refractivity contribution < 1.29 is 9.32 Å². The molecule has 0 bridgehead atoms. The van der Waals surface area contributed by atoms with Gasteiger partial charge in [0.15, 0.2) is 5.69 Å². The first-order valence-corrected chi connectivity index (χ1v) is 7.10. The molecule has 0 spiro atoms. The largest absolute Gasteiger partial charge is 0.364 e. The van der Waals surface area contributed by atoms with Crippen LogP contribution in [0.25, 0.3) is 0 Å². The van der Waals surface area contributed by atoms with Crippen LogP contribution in [0, 0.1) is 0 Å². The third-order valence-corrected chi connectivity index (χ3v) is 4.25. The van der Waals surface area contributed by atoms with Crippen molar-refractivity contribution in [2.45, 2.75) is 38.6 Å². The first kappa shape index (κ1) is 11.7. The molecule has 1 aliphatic carbocycles. The molecule has 0 aromatic carbocycles. The smallest absolute Gasteiger partial charge is 0.274 e. The number of carbonyl (C=O) groups excluding carboxylic acids is 1. The molecule has 0 saturated carbocycles. The maximum atomic E-state index is 12.7. The molecule has 4 rings (SSSR count). The van der Waals surface area contributed by atoms with Gasteiger partial charge in [0.1, 0.15) is 6.26 Å². The van der Waals surface area contributed by atoms with Crippen molar-refractivity contribution >= 4 is 5.91 Å². The molecule has 1 N–H and O–H groups in total. The predicted octanol–water partition coefficient (Wildman–Crippen LogP) is 1.48. The Morgan fingerprint density at radius 2 is 2.20 bits per heavy atom. The Morgan fingerprint density at radius 1 is 1.30 bits per heavy atom. The van der Waals surface area contributed by atoms with Crippen molar-refractivity contribution in [3.8, 4) is 0 Å². The molecule has 1 aliphatic heterocycles. The number of nitrogens with zero attached hydrogens (tertiary/aromatic N) is 3. The molecule has 0 unspecified atom stereocenters. The number of aryl methyl sites for hydroxylation is 1. The van der Waals surface area contributed by atoms with Gasteiger partial charge in [0, 0.05) is 29.8 Å². The lowest BCUT2D eigenvalue weighted by Gasteiger charge is -2.25. The molecular formula is C14H16N4O2. The lowest BCUT2D eigenvalue weighted by Crippen LogP contribution is -2.36. The van der Waals surface area contributed by atoms with Crippen LogP contribution in [0.5, 0.6) is 0 Å². The van der Waals surface area contributed by atoms with E-state index in [9.17, 15) is 4.79 Å². The Morgan fingerprint density at radius 3 is 3.15 bits per heavy atom. The van der Waals surface area contributed by atoms with Gasteiger partial charge in [-0.25, -0.2) is 0 Å². The van der Waals surface area contributed by atoms with E-state index < -0.39 is 0 Å². The number of fused-ring (bicyclic) bond motifs is 2. The van der Waals surface area contributed by atoms with Crippen molar-refractivity contribution in [3.63, 3.8) is 0 Å². The highest BCUT2D eigenvalue weighted by molar-refractivity contribution is 5.94. The van der Waals surface area contributed by atoms with Crippen LogP contribution in [0.2, 0.25) is 0 Å². The van der Waals surface area contributed by atoms with Crippen LogP contribution in [0.4, 0.5) is 0 Å². The van der Waals surface area contributed by atoms with E-state index in [4.69, 9.17) is 4.52 Å². The van der Waals surface area contributed by atoms with E-state index in [0.29, 0.717) is 18.8 Å². The van der Waals surface area contributed by atoms with Crippen molar-refractivity contribution in [1.29, 1.82) is 0 Å². The summed E-state index contributed by atoms with van der Waals surface area (Å²) in [5.41, 5.74) is 4.85. The maximum Gasteiger partial charge on any atom is 0.274 e. The van der Waals surface area contributed by atoms with Crippen LogP contribution in [0.15, 0.2) is 10.8 Å². The quantitative estimate of drug-likeness (QED) is 0.853. The van der Waals surface area contributed by atoms with Gasteiger partial charge in [-0.1, -0.05) is 5.16 Å². The summed E-state index contributed by atoms with van der Waals surface area (Å²) in [5.74, 6) is 0.0243. The highest BCUT2D eigenvalue weighted by atomic mass is 16.5. The summed E-state index contributed by atoms with van der Waals surface area (Å²) in [6.45, 7) is 1.25. The highest BCUT2D eigenvalue weighted by Crippen LogP contribution is 2.25. The Balaban J connectivity index is 1.61. The normalized spacial score (nSPS) is 17.7. The SMILES string of the molecule is O=C(c1n[nH]c2c1CCCC2)N1CCc2nocc2C1. The number of H-pyrrole nitrogens is 1. The molecule has 0 saturated heterocycles. The summed E-state index contributed by atoms with van der Waals surface area (Å²) in [6, 6.07) is 0. The average Bonchev–Trinajstić information content (AvgIpc) is 3.12. The third-order valence-electron chi connectivity index (χ3n) is 4.25. The first-order valence-electron chi connectivity index (χ1n) is 7.10. The minimum absolute atomic E-state index is 0.0243. The van der Waals surface area contributed by atoms with Gasteiger partial charge in [-0.2, -0.15) is 5.10 Å². The third kappa shape index (κ3) is 1.75. The molecule has 104 valence electrons. The number of carbonyl (C=O) groups is 1. The van der Waals surface area contributed by atoms with Crippen molar-refractivity contribution in [3.05, 3.63) is 34.5 Å².